The van der Waals surface area contributed by atoms with Gasteiger partial charge in [-0.25, -0.2) is 12.7 Å². The van der Waals surface area contributed by atoms with Gasteiger partial charge in [-0.3, -0.25) is 4.79 Å². The van der Waals surface area contributed by atoms with Crippen molar-refractivity contribution < 1.29 is 17.9 Å². The molecule has 0 aliphatic carbocycles. The number of ether oxygens (including phenoxy) is 1. The predicted octanol–water partition coefficient (Wildman–Crippen LogP) is 2.36. The van der Waals surface area contributed by atoms with E-state index < -0.39 is 22.2 Å². The number of carbonyl (C=O) groups is 1. The summed E-state index contributed by atoms with van der Waals surface area (Å²) in [5.74, 6) is -0.418. The standard InChI is InChI=1S/C15H19NO4S/c1-12(2)20-15-9-8-14(17)16(15)21(18,19)11-10-13-6-4-3-5-7-13/h3-7,10-12,15H,8-9H2,1-2H3. The molecule has 1 saturated heterocycles. The molecule has 1 atom stereocenters. The molecule has 21 heavy (non-hydrogen) atoms. The summed E-state index contributed by atoms with van der Waals surface area (Å²) in [6.07, 6.45) is 1.22. The zero-order valence-electron chi connectivity index (χ0n) is 12.1. The van der Waals surface area contributed by atoms with Crippen LogP contribution in [0.5, 0.6) is 0 Å². The van der Waals surface area contributed by atoms with Crippen molar-refractivity contribution in [1.82, 2.24) is 4.31 Å². The third kappa shape index (κ3) is 3.92. The highest BCUT2D eigenvalue weighted by Crippen LogP contribution is 2.25. The number of benzene rings is 1. The smallest absolute Gasteiger partial charge is 0.261 e. The van der Waals surface area contributed by atoms with Crippen molar-refractivity contribution in [1.29, 1.82) is 0 Å². The first-order valence-electron chi connectivity index (χ1n) is 6.86. The van der Waals surface area contributed by atoms with Gasteiger partial charge in [-0.1, -0.05) is 30.3 Å². The molecule has 1 unspecified atom stereocenters. The van der Waals surface area contributed by atoms with Crippen molar-refractivity contribution in [3.05, 3.63) is 41.3 Å². The second-order valence-corrected chi connectivity index (χ2v) is 6.82. The minimum absolute atomic E-state index is 0.142. The summed E-state index contributed by atoms with van der Waals surface area (Å²) in [5, 5.41) is 1.06. The van der Waals surface area contributed by atoms with Crippen LogP contribution in [0.3, 0.4) is 0 Å². The van der Waals surface area contributed by atoms with Crippen LogP contribution in [-0.4, -0.2) is 31.0 Å². The first kappa shape index (κ1) is 15.7. The van der Waals surface area contributed by atoms with Gasteiger partial charge in [0, 0.05) is 12.8 Å². The van der Waals surface area contributed by atoms with Crippen LogP contribution in [0, 0.1) is 0 Å². The minimum atomic E-state index is -3.82. The van der Waals surface area contributed by atoms with Crippen LogP contribution in [0.2, 0.25) is 0 Å². The first-order valence-corrected chi connectivity index (χ1v) is 8.36. The maximum absolute atomic E-state index is 12.3. The fraction of sp³-hybridized carbons (Fsp3) is 0.400. The molecular formula is C15H19NO4S. The molecule has 0 aromatic heterocycles. The third-order valence-electron chi connectivity index (χ3n) is 3.05. The van der Waals surface area contributed by atoms with Crippen molar-refractivity contribution in [3.8, 4) is 0 Å². The van der Waals surface area contributed by atoms with Gasteiger partial charge in [-0.2, -0.15) is 0 Å². The van der Waals surface area contributed by atoms with Crippen molar-refractivity contribution in [3.63, 3.8) is 0 Å². The Morgan fingerprint density at radius 1 is 1.29 bits per heavy atom. The summed E-state index contributed by atoms with van der Waals surface area (Å²) in [5.41, 5.74) is 0.758. The lowest BCUT2D eigenvalue weighted by atomic mass is 10.2. The highest BCUT2D eigenvalue weighted by Gasteiger charge is 2.39. The van der Waals surface area contributed by atoms with E-state index in [0.29, 0.717) is 6.42 Å². The van der Waals surface area contributed by atoms with Gasteiger partial charge in [0.05, 0.1) is 11.5 Å². The van der Waals surface area contributed by atoms with Gasteiger partial charge in [0.1, 0.15) is 6.23 Å². The molecule has 5 nitrogen and oxygen atoms in total. The van der Waals surface area contributed by atoms with Crippen molar-refractivity contribution in [2.75, 3.05) is 0 Å². The lowest BCUT2D eigenvalue weighted by Crippen LogP contribution is -2.40. The molecule has 1 aromatic rings. The summed E-state index contributed by atoms with van der Waals surface area (Å²) in [6.45, 7) is 3.63. The van der Waals surface area contributed by atoms with E-state index in [1.54, 1.807) is 12.1 Å². The maximum Gasteiger partial charge on any atom is 0.261 e. The van der Waals surface area contributed by atoms with Gasteiger partial charge in [0.25, 0.3) is 10.0 Å². The Kier molecular flexibility index (Phi) is 4.80. The van der Waals surface area contributed by atoms with E-state index in [-0.39, 0.29) is 12.5 Å². The maximum atomic E-state index is 12.3. The quantitative estimate of drug-likeness (QED) is 0.837. The largest absolute Gasteiger partial charge is 0.355 e. The van der Waals surface area contributed by atoms with Crippen LogP contribution in [-0.2, 0) is 19.6 Å². The molecule has 0 bridgehead atoms. The predicted molar refractivity (Wildman–Crippen MR) is 80.5 cm³/mol. The Balaban J connectivity index is 2.21. The number of hydrogen-bond acceptors (Lipinski definition) is 4. The number of rotatable bonds is 5. The van der Waals surface area contributed by atoms with E-state index in [1.165, 1.54) is 6.08 Å². The third-order valence-corrected chi connectivity index (χ3v) is 4.52. The zero-order valence-corrected chi connectivity index (χ0v) is 12.9. The van der Waals surface area contributed by atoms with Gasteiger partial charge in [0.15, 0.2) is 0 Å². The van der Waals surface area contributed by atoms with Crippen LogP contribution in [0.25, 0.3) is 6.08 Å². The summed E-state index contributed by atoms with van der Waals surface area (Å²) in [7, 11) is -3.82. The van der Waals surface area contributed by atoms with Crippen LogP contribution in [0.15, 0.2) is 35.7 Å². The number of hydrogen-bond donors (Lipinski definition) is 0. The van der Waals surface area contributed by atoms with E-state index in [4.69, 9.17) is 4.74 Å². The zero-order chi connectivity index (χ0) is 15.5. The van der Waals surface area contributed by atoms with E-state index in [9.17, 15) is 13.2 Å². The Morgan fingerprint density at radius 2 is 1.95 bits per heavy atom. The van der Waals surface area contributed by atoms with Crippen LogP contribution >= 0.6 is 0 Å². The summed E-state index contributed by atoms with van der Waals surface area (Å²) in [6, 6.07) is 9.07. The molecule has 1 fully saturated rings. The molecular weight excluding hydrogens is 290 g/mol. The monoisotopic (exact) mass is 309 g/mol. The molecule has 0 spiro atoms. The fourth-order valence-corrected chi connectivity index (χ4v) is 3.49. The highest BCUT2D eigenvalue weighted by atomic mass is 32.2. The van der Waals surface area contributed by atoms with E-state index in [0.717, 1.165) is 15.3 Å². The molecule has 1 heterocycles. The van der Waals surface area contributed by atoms with Gasteiger partial charge in [-0.15, -0.1) is 0 Å². The Hall–Kier alpha value is -1.66. The lowest BCUT2D eigenvalue weighted by molar-refractivity contribution is -0.129. The van der Waals surface area contributed by atoms with E-state index in [2.05, 4.69) is 0 Å². The summed E-state index contributed by atoms with van der Waals surface area (Å²) >= 11 is 0. The SMILES string of the molecule is CC(C)OC1CCC(=O)N1S(=O)(=O)C=Cc1ccccc1. The second-order valence-electron chi connectivity index (χ2n) is 5.13. The van der Waals surface area contributed by atoms with Gasteiger partial charge in [0.2, 0.25) is 5.91 Å². The normalized spacial score (nSPS) is 19.9. The molecule has 0 radical (unpaired) electrons. The first-order chi connectivity index (χ1) is 9.90. The fourth-order valence-electron chi connectivity index (χ4n) is 2.17. The van der Waals surface area contributed by atoms with Crippen molar-refractivity contribution >= 4 is 22.0 Å². The Bertz CT molecular complexity index is 622. The average Bonchev–Trinajstić information content (AvgIpc) is 2.79. The molecule has 0 N–H and O–H groups in total. The van der Waals surface area contributed by atoms with Gasteiger partial charge >= 0.3 is 0 Å². The minimum Gasteiger partial charge on any atom is -0.355 e. The molecule has 2 rings (SSSR count). The number of sulfonamides is 1. The van der Waals surface area contributed by atoms with Crippen molar-refractivity contribution in [2.24, 2.45) is 0 Å². The number of amides is 1. The van der Waals surface area contributed by atoms with Crippen LogP contribution in [0.1, 0.15) is 32.3 Å². The van der Waals surface area contributed by atoms with Gasteiger partial charge < -0.3 is 4.74 Å². The molecule has 6 heteroatoms. The summed E-state index contributed by atoms with van der Waals surface area (Å²) < 4.78 is 31.1. The molecule has 1 aliphatic heterocycles. The molecule has 114 valence electrons. The lowest BCUT2D eigenvalue weighted by Gasteiger charge is -2.24. The Morgan fingerprint density at radius 3 is 2.57 bits per heavy atom. The molecule has 1 amide bonds. The summed E-state index contributed by atoms with van der Waals surface area (Å²) in [4.78, 5) is 11.9. The molecule has 1 aromatic carbocycles. The van der Waals surface area contributed by atoms with Crippen LogP contribution < -0.4 is 0 Å². The van der Waals surface area contributed by atoms with Crippen molar-refractivity contribution in [2.45, 2.75) is 39.0 Å². The number of nitrogens with zero attached hydrogens (tertiary/aromatic N) is 1. The topological polar surface area (TPSA) is 63.7 Å². The second kappa shape index (κ2) is 6.41. The van der Waals surface area contributed by atoms with Gasteiger partial charge in [-0.05, 0) is 25.5 Å². The average molecular weight is 309 g/mol. The van der Waals surface area contributed by atoms with E-state index >= 15 is 0 Å². The number of carbonyl (C=O) groups excluding carboxylic acids is 1. The Labute approximate surface area is 125 Å². The highest BCUT2D eigenvalue weighted by molar-refractivity contribution is 7.92. The van der Waals surface area contributed by atoms with E-state index in [1.807, 2.05) is 32.0 Å². The molecule has 1 aliphatic rings. The van der Waals surface area contributed by atoms with Crippen LogP contribution in [0.4, 0.5) is 0 Å². The molecule has 0 saturated carbocycles.